The molecule has 2 amide bonds. The fourth-order valence-electron chi connectivity index (χ4n) is 2.29. The van der Waals surface area contributed by atoms with Gasteiger partial charge in [-0.15, -0.1) is 0 Å². The number of hydrogen-bond acceptors (Lipinski definition) is 3. The van der Waals surface area contributed by atoms with Gasteiger partial charge in [-0.25, -0.2) is 0 Å². The van der Waals surface area contributed by atoms with Gasteiger partial charge in [-0.2, -0.15) is 0 Å². The van der Waals surface area contributed by atoms with E-state index in [0.29, 0.717) is 30.5 Å². The fraction of sp³-hybridized carbons (Fsp3) is 0.556. The Morgan fingerprint density at radius 1 is 1.13 bits per heavy atom. The Balaban J connectivity index is 2.52. The molecule has 1 aromatic carbocycles. The number of amides is 2. The van der Waals surface area contributed by atoms with Gasteiger partial charge in [0.2, 0.25) is 0 Å². The maximum atomic E-state index is 12.0. The molecule has 23 heavy (non-hydrogen) atoms. The number of ether oxygens (including phenoxy) is 1. The number of para-hydroxylation sites is 2. The van der Waals surface area contributed by atoms with Crippen molar-refractivity contribution in [1.29, 1.82) is 0 Å². The minimum atomic E-state index is -0.664. The van der Waals surface area contributed by atoms with Crippen molar-refractivity contribution in [2.24, 2.45) is 5.92 Å². The lowest BCUT2D eigenvalue weighted by molar-refractivity contribution is -0.136. The third kappa shape index (κ3) is 6.72. The summed E-state index contributed by atoms with van der Waals surface area (Å²) in [5.41, 5.74) is 0.507. The summed E-state index contributed by atoms with van der Waals surface area (Å²) < 4.78 is 5.43. The number of carbonyl (C=O) groups is 2. The predicted molar refractivity (Wildman–Crippen MR) is 92.6 cm³/mol. The Labute approximate surface area is 138 Å². The molecule has 0 aliphatic rings. The number of rotatable bonds is 9. The maximum Gasteiger partial charge on any atom is 0.313 e. The van der Waals surface area contributed by atoms with Crippen LogP contribution in [-0.2, 0) is 9.59 Å². The van der Waals surface area contributed by atoms with E-state index in [-0.39, 0.29) is 0 Å². The normalized spacial score (nSPS) is 11.6. The Kier molecular flexibility index (Phi) is 8.80. The van der Waals surface area contributed by atoms with Crippen LogP contribution in [0.2, 0.25) is 0 Å². The predicted octanol–water partition coefficient (Wildman–Crippen LogP) is 3.36. The number of hydrogen-bond donors (Lipinski definition) is 2. The molecule has 1 atom stereocenters. The van der Waals surface area contributed by atoms with Crippen LogP contribution in [0.1, 0.15) is 46.5 Å². The van der Waals surface area contributed by atoms with E-state index in [2.05, 4.69) is 24.5 Å². The largest absolute Gasteiger partial charge is 0.492 e. The van der Waals surface area contributed by atoms with Crippen LogP contribution in [0.15, 0.2) is 24.3 Å². The molecule has 1 unspecified atom stereocenters. The molecule has 5 heteroatoms. The third-order valence-electron chi connectivity index (χ3n) is 3.74. The van der Waals surface area contributed by atoms with Gasteiger partial charge in [0.25, 0.3) is 0 Å². The van der Waals surface area contributed by atoms with Crippen molar-refractivity contribution in [3.05, 3.63) is 24.3 Å². The molecule has 0 radical (unpaired) electrons. The average molecular weight is 320 g/mol. The standard InChI is InChI=1S/C18H28N2O3/c1-4-7-10-14(5-2)13-19-17(21)18(22)20-15-11-8-9-12-16(15)23-6-3/h8-9,11-12,14H,4-7,10,13H2,1-3H3,(H,19,21)(H,20,22). The smallest absolute Gasteiger partial charge is 0.313 e. The van der Waals surface area contributed by atoms with E-state index in [0.717, 1.165) is 25.7 Å². The molecule has 1 aromatic rings. The lowest BCUT2D eigenvalue weighted by Gasteiger charge is -2.15. The van der Waals surface area contributed by atoms with Gasteiger partial charge in [-0.3, -0.25) is 9.59 Å². The Morgan fingerprint density at radius 2 is 1.87 bits per heavy atom. The van der Waals surface area contributed by atoms with Crippen LogP contribution < -0.4 is 15.4 Å². The topological polar surface area (TPSA) is 67.4 Å². The van der Waals surface area contributed by atoms with E-state index >= 15 is 0 Å². The van der Waals surface area contributed by atoms with Crippen LogP contribution in [0.25, 0.3) is 0 Å². The molecule has 0 spiro atoms. The molecule has 0 aromatic heterocycles. The highest BCUT2D eigenvalue weighted by atomic mass is 16.5. The molecule has 0 saturated heterocycles. The first-order valence-corrected chi connectivity index (χ1v) is 8.43. The van der Waals surface area contributed by atoms with Gasteiger partial charge < -0.3 is 15.4 Å². The summed E-state index contributed by atoms with van der Waals surface area (Å²) in [6.45, 7) is 7.15. The Bertz CT molecular complexity index is 503. The molecule has 0 saturated carbocycles. The van der Waals surface area contributed by atoms with Gasteiger partial charge in [0.05, 0.1) is 12.3 Å². The van der Waals surface area contributed by atoms with E-state index in [1.807, 2.05) is 13.0 Å². The van der Waals surface area contributed by atoms with Gasteiger partial charge in [0.1, 0.15) is 5.75 Å². The van der Waals surface area contributed by atoms with Crippen molar-refractivity contribution >= 4 is 17.5 Å². The van der Waals surface area contributed by atoms with E-state index in [1.54, 1.807) is 18.2 Å². The highest BCUT2D eigenvalue weighted by Gasteiger charge is 2.17. The summed E-state index contributed by atoms with van der Waals surface area (Å²) in [5.74, 6) is -0.290. The minimum absolute atomic E-state index is 0.419. The molecule has 0 aliphatic heterocycles. The van der Waals surface area contributed by atoms with Crippen LogP contribution in [0, 0.1) is 5.92 Å². The summed E-state index contributed by atoms with van der Waals surface area (Å²) in [4.78, 5) is 24.0. The number of benzene rings is 1. The summed E-state index contributed by atoms with van der Waals surface area (Å²) >= 11 is 0. The van der Waals surface area contributed by atoms with Crippen LogP contribution >= 0.6 is 0 Å². The zero-order valence-electron chi connectivity index (χ0n) is 14.4. The number of carbonyl (C=O) groups excluding carboxylic acids is 2. The second-order valence-electron chi connectivity index (χ2n) is 5.51. The molecule has 2 N–H and O–H groups in total. The lowest BCUT2D eigenvalue weighted by atomic mass is 9.99. The molecule has 1 rings (SSSR count). The highest BCUT2D eigenvalue weighted by molar-refractivity contribution is 6.39. The zero-order valence-corrected chi connectivity index (χ0v) is 14.4. The number of nitrogens with one attached hydrogen (secondary N) is 2. The van der Waals surface area contributed by atoms with E-state index < -0.39 is 11.8 Å². The first-order chi connectivity index (χ1) is 11.1. The van der Waals surface area contributed by atoms with Gasteiger partial charge in [0.15, 0.2) is 0 Å². The third-order valence-corrected chi connectivity index (χ3v) is 3.74. The molecular formula is C18H28N2O3. The molecule has 0 heterocycles. The highest BCUT2D eigenvalue weighted by Crippen LogP contribution is 2.23. The van der Waals surface area contributed by atoms with Crippen molar-refractivity contribution in [3.63, 3.8) is 0 Å². The molecule has 0 aliphatic carbocycles. The van der Waals surface area contributed by atoms with E-state index in [4.69, 9.17) is 4.74 Å². The zero-order chi connectivity index (χ0) is 17.1. The minimum Gasteiger partial charge on any atom is -0.492 e. The first-order valence-electron chi connectivity index (χ1n) is 8.43. The summed E-state index contributed by atoms with van der Waals surface area (Å²) in [6.07, 6.45) is 4.35. The second kappa shape index (κ2) is 10.6. The molecule has 0 bridgehead atoms. The molecular weight excluding hydrogens is 292 g/mol. The van der Waals surface area contributed by atoms with Crippen LogP contribution in [0.4, 0.5) is 5.69 Å². The van der Waals surface area contributed by atoms with Gasteiger partial charge in [0, 0.05) is 6.54 Å². The van der Waals surface area contributed by atoms with Crippen LogP contribution in [0.3, 0.4) is 0 Å². The molecule has 5 nitrogen and oxygen atoms in total. The quantitative estimate of drug-likeness (QED) is 0.686. The maximum absolute atomic E-state index is 12.0. The first kappa shape index (κ1) is 19.0. The van der Waals surface area contributed by atoms with Gasteiger partial charge in [-0.05, 0) is 31.4 Å². The second-order valence-corrected chi connectivity index (χ2v) is 5.51. The van der Waals surface area contributed by atoms with Crippen LogP contribution in [0.5, 0.6) is 5.75 Å². The lowest BCUT2D eigenvalue weighted by Crippen LogP contribution is -2.38. The molecule has 128 valence electrons. The summed E-state index contributed by atoms with van der Waals surface area (Å²) in [6, 6.07) is 7.08. The van der Waals surface area contributed by atoms with E-state index in [9.17, 15) is 9.59 Å². The van der Waals surface area contributed by atoms with Crippen molar-refractivity contribution in [2.75, 3.05) is 18.5 Å². The summed E-state index contributed by atoms with van der Waals surface area (Å²) in [7, 11) is 0. The Hall–Kier alpha value is -2.04. The average Bonchev–Trinajstić information content (AvgIpc) is 2.56. The summed E-state index contributed by atoms with van der Waals surface area (Å²) in [5, 5.41) is 5.33. The van der Waals surface area contributed by atoms with Crippen molar-refractivity contribution in [2.45, 2.75) is 46.5 Å². The van der Waals surface area contributed by atoms with E-state index in [1.165, 1.54) is 0 Å². The number of anilines is 1. The van der Waals surface area contributed by atoms with Gasteiger partial charge in [-0.1, -0.05) is 45.2 Å². The van der Waals surface area contributed by atoms with Gasteiger partial charge >= 0.3 is 11.8 Å². The number of unbranched alkanes of at least 4 members (excludes halogenated alkanes) is 1. The van der Waals surface area contributed by atoms with Crippen molar-refractivity contribution in [3.8, 4) is 5.75 Å². The van der Waals surface area contributed by atoms with Crippen molar-refractivity contribution in [1.82, 2.24) is 5.32 Å². The van der Waals surface area contributed by atoms with Crippen LogP contribution in [-0.4, -0.2) is 25.0 Å². The SMILES string of the molecule is CCCCC(CC)CNC(=O)C(=O)Nc1ccccc1OCC. The molecule has 0 fully saturated rings. The Morgan fingerprint density at radius 3 is 2.52 bits per heavy atom. The monoisotopic (exact) mass is 320 g/mol. The fourth-order valence-corrected chi connectivity index (χ4v) is 2.29. The van der Waals surface area contributed by atoms with Crippen molar-refractivity contribution < 1.29 is 14.3 Å².